The maximum Gasteiger partial charge on any atom is 0.239 e. The number of carbonyl (C=O) groups excluding carboxylic acids is 1. The van der Waals surface area contributed by atoms with Crippen LogP contribution in [0.3, 0.4) is 0 Å². The SMILES string of the molecule is CCN(C1CC2CCC(C1)N2)C1CCN(C)C1=O. The Morgan fingerprint density at radius 2 is 1.94 bits per heavy atom. The Bertz CT molecular complexity index is 321. The van der Waals surface area contributed by atoms with Crippen LogP contribution >= 0.6 is 0 Å². The van der Waals surface area contributed by atoms with Crippen molar-refractivity contribution >= 4 is 5.91 Å². The van der Waals surface area contributed by atoms with Gasteiger partial charge in [0.1, 0.15) is 0 Å². The summed E-state index contributed by atoms with van der Waals surface area (Å²) in [6.07, 6.45) is 6.15. The average molecular weight is 251 g/mol. The van der Waals surface area contributed by atoms with Crippen LogP contribution in [-0.4, -0.2) is 60.0 Å². The number of hydrogen-bond donors (Lipinski definition) is 1. The fourth-order valence-corrected chi connectivity index (χ4v) is 4.14. The number of likely N-dealkylation sites (tertiary alicyclic amines) is 1. The standard InChI is InChI=1S/C14H25N3O/c1-3-17(13-6-7-16(2)14(13)18)12-8-10-4-5-11(9-12)15-10/h10-13,15H,3-9H2,1-2H3. The largest absolute Gasteiger partial charge is 0.344 e. The van der Waals surface area contributed by atoms with Crippen molar-refractivity contribution < 1.29 is 4.79 Å². The van der Waals surface area contributed by atoms with Crippen molar-refractivity contribution in [3.8, 4) is 0 Å². The fraction of sp³-hybridized carbons (Fsp3) is 0.929. The van der Waals surface area contributed by atoms with Gasteiger partial charge in [0, 0.05) is 31.7 Å². The fourth-order valence-electron chi connectivity index (χ4n) is 4.14. The van der Waals surface area contributed by atoms with Gasteiger partial charge in [-0.15, -0.1) is 0 Å². The Balaban J connectivity index is 1.70. The topological polar surface area (TPSA) is 35.6 Å². The molecule has 1 N–H and O–H groups in total. The van der Waals surface area contributed by atoms with Crippen molar-refractivity contribution in [1.82, 2.24) is 15.1 Å². The van der Waals surface area contributed by atoms with E-state index in [-0.39, 0.29) is 6.04 Å². The van der Waals surface area contributed by atoms with Gasteiger partial charge in [0.2, 0.25) is 5.91 Å². The molecule has 3 unspecified atom stereocenters. The van der Waals surface area contributed by atoms with Gasteiger partial charge in [0.05, 0.1) is 6.04 Å². The minimum absolute atomic E-state index is 0.155. The number of piperidine rings is 1. The van der Waals surface area contributed by atoms with Gasteiger partial charge in [0.15, 0.2) is 0 Å². The Morgan fingerprint density at radius 1 is 1.28 bits per heavy atom. The molecule has 4 heteroatoms. The Kier molecular flexibility index (Phi) is 3.32. The lowest BCUT2D eigenvalue weighted by Gasteiger charge is -2.39. The lowest BCUT2D eigenvalue weighted by Crippen LogP contribution is -2.53. The third-order valence-electron chi connectivity index (χ3n) is 5.08. The molecule has 18 heavy (non-hydrogen) atoms. The predicted octanol–water partition coefficient (Wildman–Crippen LogP) is 0.822. The summed E-state index contributed by atoms with van der Waals surface area (Å²) in [5.41, 5.74) is 0. The van der Waals surface area contributed by atoms with Crippen LogP contribution in [0, 0.1) is 0 Å². The number of carbonyl (C=O) groups is 1. The molecule has 102 valence electrons. The zero-order valence-corrected chi connectivity index (χ0v) is 11.6. The first-order valence-electron chi connectivity index (χ1n) is 7.45. The van der Waals surface area contributed by atoms with Crippen LogP contribution in [-0.2, 0) is 4.79 Å². The second-order valence-electron chi connectivity index (χ2n) is 6.16. The molecule has 1 amide bonds. The summed E-state index contributed by atoms with van der Waals surface area (Å²) >= 11 is 0. The Morgan fingerprint density at radius 3 is 2.44 bits per heavy atom. The molecule has 0 radical (unpaired) electrons. The van der Waals surface area contributed by atoms with E-state index in [1.165, 1.54) is 25.7 Å². The third-order valence-corrected chi connectivity index (χ3v) is 5.08. The minimum Gasteiger partial charge on any atom is -0.344 e. The molecule has 0 aliphatic carbocycles. The maximum atomic E-state index is 12.2. The molecular formula is C14H25N3O. The van der Waals surface area contributed by atoms with E-state index < -0.39 is 0 Å². The van der Waals surface area contributed by atoms with Crippen molar-refractivity contribution in [2.24, 2.45) is 0 Å². The van der Waals surface area contributed by atoms with Crippen molar-refractivity contribution in [2.45, 2.75) is 63.2 Å². The summed E-state index contributed by atoms with van der Waals surface area (Å²) in [7, 11) is 1.93. The molecule has 0 aromatic heterocycles. The van der Waals surface area contributed by atoms with Crippen LogP contribution < -0.4 is 5.32 Å². The molecule has 3 atom stereocenters. The van der Waals surface area contributed by atoms with E-state index in [0.29, 0.717) is 24.0 Å². The van der Waals surface area contributed by atoms with E-state index in [4.69, 9.17) is 0 Å². The Labute approximate surface area is 110 Å². The van der Waals surface area contributed by atoms with Crippen molar-refractivity contribution in [3.63, 3.8) is 0 Å². The van der Waals surface area contributed by atoms with Gasteiger partial charge >= 0.3 is 0 Å². The molecule has 3 aliphatic heterocycles. The highest BCUT2D eigenvalue weighted by molar-refractivity contribution is 5.83. The molecule has 3 saturated heterocycles. The van der Waals surface area contributed by atoms with Gasteiger partial charge in [0.25, 0.3) is 0 Å². The molecule has 0 aromatic rings. The van der Waals surface area contributed by atoms with E-state index >= 15 is 0 Å². The van der Waals surface area contributed by atoms with Crippen molar-refractivity contribution in [3.05, 3.63) is 0 Å². The third kappa shape index (κ3) is 2.05. The molecule has 2 bridgehead atoms. The highest BCUT2D eigenvalue weighted by Gasteiger charge is 2.41. The Hall–Kier alpha value is -0.610. The molecule has 0 aromatic carbocycles. The summed E-state index contributed by atoms with van der Waals surface area (Å²) < 4.78 is 0. The molecule has 3 aliphatic rings. The summed E-state index contributed by atoms with van der Waals surface area (Å²) in [4.78, 5) is 16.6. The smallest absolute Gasteiger partial charge is 0.239 e. The highest BCUT2D eigenvalue weighted by Crippen LogP contribution is 2.32. The molecule has 3 heterocycles. The average Bonchev–Trinajstić information content (AvgIpc) is 2.87. The lowest BCUT2D eigenvalue weighted by molar-refractivity contribution is -0.132. The first kappa shape index (κ1) is 12.4. The first-order valence-corrected chi connectivity index (χ1v) is 7.45. The van der Waals surface area contributed by atoms with Gasteiger partial charge in [-0.3, -0.25) is 9.69 Å². The lowest BCUT2D eigenvalue weighted by atomic mass is 9.96. The van der Waals surface area contributed by atoms with Crippen molar-refractivity contribution in [2.75, 3.05) is 20.1 Å². The second kappa shape index (κ2) is 4.82. The molecule has 4 nitrogen and oxygen atoms in total. The van der Waals surface area contributed by atoms with E-state index in [9.17, 15) is 4.79 Å². The highest BCUT2D eigenvalue weighted by atomic mass is 16.2. The van der Waals surface area contributed by atoms with Gasteiger partial charge in [-0.2, -0.15) is 0 Å². The number of rotatable bonds is 3. The summed E-state index contributed by atoms with van der Waals surface area (Å²) in [5.74, 6) is 0.336. The van der Waals surface area contributed by atoms with Crippen molar-refractivity contribution in [1.29, 1.82) is 0 Å². The number of hydrogen-bond acceptors (Lipinski definition) is 3. The summed E-state index contributed by atoms with van der Waals surface area (Å²) in [5, 5.41) is 3.69. The van der Waals surface area contributed by atoms with Gasteiger partial charge < -0.3 is 10.2 Å². The van der Waals surface area contributed by atoms with E-state index in [1.807, 2.05) is 11.9 Å². The quantitative estimate of drug-likeness (QED) is 0.807. The van der Waals surface area contributed by atoms with Crippen LogP contribution in [0.25, 0.3) is 0 Å². The molecular weight excluding hydrogens is 226 g/mol. The molecule has 3 fully saturated rings. The summed E-state index contributed by atoms with van der Waals surface area (Å²) in [6, 6.07) is 2.19. The number of amides is 1. The number of fused-ring (bicyclic) bond motifs is 2. The molecule has 0 saturated carbocycles. The van der Waals surface area contributed by atoms with Crippen LogP contribution in [0.4, 0.5) is 0 Å². The molecule has 3 rings (SSSR count). The zero-order valence-electron chi connectivity index (χ0n) is 11.6. The zero-order chi connectivity index (χ0) is 12.7. The van der Waals surface area contributed by atoms with Crippen LogP contribution in [0.2, 0.25) is 0 Å². The number of nitrogens with one attached hydrogen (secondary N) is 1. The van der Waals surface area contributed by atoms with Crippen LogP contribution in [0.5, 0.6) is 0 Å². The molecule has 0 spiro atoms. The minimum atomic E-state index is 0.155. The van der Waals surface area contributed by atoms with E-state index in [0.717, 1.165) is 19.5 Å². The number of nitrogens with zero attached hydrogens (tertiary/aromatic N) is 2. The van der Waals surface area contributed by atoms with Gasteiger partial charge in [-0.25, -0.2) is 0 Å². The van der Waals surface area contributed by atoms with Crippen LogP contribution in [0.1, 0.15) is 39.0 Å². The second-order valence-corrected chi connectivity index (χ2v) is 6.16. The maximum absolute atomic E-state index is 12.2. The monoisotopic (exact) mass is 251 g/mol. The van der Waals surface area contributed by atoms with E-state index in [2.05, 4.69) is 17.1 Å². The number of likely N-dealkylation sites (N-methyl/N-ethyl adjacent to an activating group) is 2. The first-order chi connectivity index (χ1) is 8.69. The van der Waals surface area contributed by atoms with Gasteiger partial charge in [-0.1, -0.05) is 6.92 Å². The van der Waals surface area contributed by atoms with E-state index in [1.54, 1.807) is 0 Å². The normalized spacial score (nSPS) is 39.9. The predicted molar refractivity (Wildman–Crippen MR) is 71.4 cm³/mol. The van der Waals surface area contributed by atoms with Gasteiger partial charge in [-0.05, 0) is 38.6 Å². The van der Waals surface area contributed by atoms with Crippen LogP contribution in [0.15, 0.2) is 0 Å². The summed E-state index contributed by atoms with van der Waals surface area (Å²) in [6.45, 7) is 4.14.